The molecule has 1 aliphatic heterocycles. The summed E-state index contributed by atoms with van der Waals surface area (Å²) in [5, 5.41) is 0.546. The third kappa shape index (κ3) is 1.24. The molecule has 0 radical (unpaired) electrons. The number of nitrogens with zero attached hydrogens (tertiary/aromatic N) is 1. The lowest BCUT2D eigenvalue weighted by Gasteiger charge is -2.28. The van der Waals surface area contributed by atoms with E-state index >= 15 is 0 Å². The van der Waals surface area contributed by atoms with Crippen molar-refractivity contribution in [3.63, 3.8) is 0 Å². The highest BCUT2D eigenvalue weighted by molar-refractivity contribution is 6.33. The molecular formula is C10H10ClNO2. The number of halogens is 1. The first-order chi connectivity index (χ1) is 6.61. The molecule has 1 aromatic carbocycles. The first kappa shape index (κ1) is 9.34. The van der Waals surface area contributed by atoms with Crippen LogP contribution in [0.5, 0.6) is 5.75 Å². The molecule has 1 aromatic rings. The topological polar surface area (TPSA) is 29.5 Å². The van der Waals surface area contributed by atoms with Crippen molar-refractivity contribution in [2.75, 3.05) is 18.6 Å². The summed E-state index contributed by atoms with van der Waals surface area (Å²) < 4.78 is 5.29. The Morgan fingerprint density at radius 2 is 2.21 bits per heavy atom. The lowest BCUT2D eigenvalue weighted by molar-refractivity contribution is -0.120. The number of anilines is 1. The fraction of sp³-hybridized carbons (Fsp3) is 0.300. The molecule has 0 fully saturated rings. The third-order valence-corrected chi connectivity index (χ3v) is 2.63. The molecule has 0 N–H and O–H groups in total. The van der Waals surface area contributed by atoms with Gasteiger partial charge in [-0.3, -0.25) is 4.79 Å². The van der Waals surface area contributed by atoms with Crippen molar-refractivity contribution < 1.29 is 9.53 Å². The van der Waals surface area contributed by atoms with E-state index in [9.17, 15) is 4.79 Å². The second-order valence-corrected chi connectivity index (χ2v) is 3.69. The first-order valence-electron chi connectivity index (χ1n) is 4.29. The van der Waals surface area contributed by atoms with Crippen LogP contribution in [0.1, 0.15) is 5.56 Å². The third-order valence-electron chi connectivity index (χ3n) is 2.33. The summed E-state index contributed by atoms with van der Waals surface area (Å²) in [6.45, 7) is 1.99. The molecule has 1 amide bonds. The number of aryl methyl sites for hydroxylation is 1. The van der Waals surface area contributed by atoms with Crippen molar-refractivity contribution in [1.82, 2.24) is 0 Å². The Morgan fingerprint density at radius 3 is 2.93 bits per heavy atom. The van der Waals surface area contributed by atoms with Gasteiger partial charge in [-0.15, -0.1) is 0 Å². The van der Waals surface area contributed by atoms with Gasteiger partial charge in [0.15, 0.2) is 12.4 Å². The molecule has 1 aliphatic rings. The van der Waals surface area contributed by atoms with Gasteiger partial charge in [-0.1, -0.05) is 17.7 Å². The summed E-state index contributed by atoms with van der Waals surface area (Å²) in [4.78, 5) is 13.0. The molecule has 0 saturated heterocycles. The van der Waals surface area contributed by atoms with Crippen LogP contribution in [-0.4, -0.2) is 19.6 Å². The molecule has 0 saturated carbocycles. The molecule has 0 atom stereocenters. The van der Waals surface area contributed by atoms with Crippen LogP contribution in [0.2, 0.25) is 5.02 Å². The van der Waals surface area contributed by atoms with E-state index in [1.807, 2.05) is 13.0 Å². The van der Waals surface area contributed by atoms with Gasteiger partial charge in [-0.2, -0.15) is 0 Å². The van der Waals surface area contributed by atoms with E-state index in [-0.39, 0.29) is 12.5 Å². The molecule has 0 bridgehead atoms. The van der Waals surface area contributed by atoms with Gasteiger partial charge >= 0.3 is 0 Å². The molecule has 0 unspecified atom stereocenters. The van der Waals surface area contributed by atoms with Crippen molar-refractivity contribution in [3.05, 3.63) is 22.7 Å². The zero-order valence-electron chi connectivity index (χ0n) is 8.00. The van der Waals surface area contributed by atoms with Gasteiger partial charge in [0.1, 0.15) is 0 Å². The van der Waals surface area contributed by atoms with Crippen molar-refractivity contribution in [1.29, 1.82) is 0 Å². The van der Waals surface area contributed by atoms with E-state index in [0.717, 1.165) is 11.3 Å². The number of benzene rings is 1. The lowest BCUT2D eigenvalue weighted by atomic mass is 10.1. The second-order valence-electron chi connectivity index (χ2n) is 3.28. The number of rotatable bonds is 0. The van der Waals surface area contributed by atoms with Crippen molar-refractivity contribution >= 4 is 23.2 Å². The van der Waals surface area contributed by atoms with E-state index in [2.05, 4.69) is 0 Å². The second kappa shape index (κ2) is 3.17. The maximum Gasteiger partial charge on any atom is 0.264 e. The van der Waals surface area contributed by atoms with Gasteiger partial charge in [0, 0.05) is 7.05 Å². The Hall–Kier alpha value is -1.22. The number of ether oxygens (including phenoxy) is 1. The van der Waals surface area contributed by atoms with Gasteiger partial charge in [0.2, 0.25) is 0 Å². The number of carbonyl (C=O) groups excluding carboxylic acids is 1. The predicted molar refractivity (Wildman–Crippen MR) is 55.1 cm³/mol. The maximum absolute atomic E-state index is 11.4. The lowest BCUT2D eigenvalue weighted by Crippen LogP contribution is -2.36. The number of carbonyl (C=O) groups is 1. The Labute approximate surface area is 87.2 Å². The van der Waals surface area contributed by atoms with Crippen molar-refractivity contribution in [2.45, 2.75) is 6.92 Å². The van der Waals surface area contributed by atoms with E-state index in [4.69, 9.17) is 16.3 Å². The van der Waals surface area contributed by atoms with Crippen LogP contribution in [0.25, 0.3) is 0 Å². The summed E-state index contributed by atoms with van der Waals surface area (Å²) in [7, 11) is 1.73. The highest BCUT2D eigenvalue weighted by atomic mass is 35.5. The van der Waals surface area contributed by atoms with E-state index < -0.39 is 0 Å². The van der Waals surface area contributed by atoms with Gasteiger partial charge in [-0.05, 0) is 18.6 Å². The average molecular weight is 212 g/mol. The molecule has 74 valence electrons. The number of hydrogen-bond acceptors (Lipinski definition) is 2. The minimum atomic E-state index is -0.0529. The number of amides is 1. The predicted octanol–water partition coefficient (Wildman–Crippen LogP) is 2.00. The normalized spacial score (nSPS) is 15.1. The van der Waals surface area contributed by atoms with Gasteiger partial charge in [0.25, 0.3) is 5.91 Å². The molecule has 3 nitrogen and oxygen atoms in total. The average Bonchev–Trinajstić information content (AvgIpc) is 2.16. The van der Waals surface area contributed by atoms with Crippen LogP contribution in [0.4, 0.5) is 5.69 Å². The van der Waals surface area contributed by atoms with E-state index in [1.54, 1.807) is 18.0 Å². The molecule has 14 heavy (non-hydrogen) atoms. The Bertz CT molecular complexity index is 403. The summed E-state index contributed by atoms with van der Waals surface area (Å²) in [6.07, 6.45) is 0. The smallest absolute Gasteiger partial charge is 0.264 e. The largest absolute Gasteiger partial charge is 0.480 e. The fourth-order valence-corrected chi connectivity index (χ4v) is 1.76. The van der Waals surface area contributed by atoms with Gasteiger partial charge in [-0.25, -0.2) is 0 Å². The van der Waals surface area contributed by atoms with Crippen LogP contribution in [0, 0.1) is 6.92 Å². The molecule has 4 heteroatoms. The maximum atomic E-state index is 11.4. The Balaban J connectivity index is 2.64. The number of fused-ring (bicyclic) bond motifs is 1. The summed E-state index contributed by atoms with van der Waals surface area (Å²) >= 11 is 5.96. The molecule has 0 spiro atoms. The Kier molecular flexibility index (Phi) is 2.11. The minimum absolute atomic E-state index is 0.0529. The number of hydrogen-bond donors (Lipinski definition) is 0. The molecule has 0 aliphatic carbocycles. The monoisotopic (exact) mass is 211 g/mol. The van der Waals surface area contributed by atoms with Crippen LogP contribution in [0.15, 0.2) is 12.1 Å². The van der Waals surface area contributed by atoms with Crippen LogP contribution >= 0.6 is 11.6 Å². The van der Waals surface area contributed by atoms with E-state index in [1.165, 1.54) is 0 Å². The van der Waals surface area contributed by atoms with Crippen LogP contribution < -0.4 is 9.64 Å². The quantitative estimate of drug-likeness (QED) is 0.657. The summed E-state index contributed by atoms with van der Waals surface area (Å²) in [5.41, 5.74) is 1.76. The SMILES string of the molecule is Cc1ccc(Cl)c2c1N(C)C(=O)CO2. The van der Waals surface area contributed by atoms with Gasteiger partial charge in [0.05, 0.1) is 10.7 Å². The van der Waals surface area contributed by atoms with E-state index in [0.29, 0.717) is 10.8 Å². The van der Waals surface area contributed by atoms with Crippen molar-refractivity contribution in [3.8, 4) is 5.75 Å². The minimum Gasteiger partial charge on any atom is -0.480 e. The molecule has 1 heterocycles. The Morgan fingerprint density at radius 1 is 1.50 bits per heavy atom. The highest BCUT2D eigenvalue weighted by Crippen LogP contribution is 2.39. The molecule has 2 rings (SSSR count). The summed E-state index contributed by atoms with van der Waals surface area (Å²) in [5.74, 6) is 0.552. The zero-order chi connectivity index (χ0) is 10.3. The van der Waals surface area contributed by atoms with Gasteiger partial charge < -0.3 is 9.64 Å². The highest BCUT2D eigenvalue weighted by Gasteiger charge is 2.25. The molecular weight excluding hydrogens is 202 g/mol. The first-order valence-corrected chi connectivity index (χ1v) is 4.67. The standard InChI is InChI=1S/C10H10ClNO2/c1-6-3-4-7(11)10-9(6)12(2)8(13)5-14-10/h3-4H,5H2,1-2H3. The number of likely N-dealkylation sites (N-methyl/N-ethyl adjacent to an activating group) is 1. The van der Waals surface area contributed by atoms with Crippen LogP contribution in [-0.2, 0) is 4.79 Å². The summed E-state index contributed by atoms with van der Waals surface area (Å²) in [6, 6.07) is 3.65. The molecule has 0 aromatic heterocycles. The van der Waals surface area contributed by atoms with Crippen LogP contribution in [0.3, 0.4) is 0 Å². The van der Waals surface area contributed by atoms with Crippen molar-refractivity contribution in [2.24, 2.45) is 0 Å². The zero-order valence-corrected chi connectivity index (χ0v) is 8.76. The fourth-order valence-electron chi connectivity index (χ4n) is 1.55.